The van der Waals surface area contributed by atoms with Crippen LogP contribution in [0, 0.1) is 0 Å². The second-order valence-electron chi connectivity index (χ2n) is 4.62. The fourth-order valence-electron chi connectivity index (χ4n) is 1.88. The number of carbonyl (C=O) groups excluding carboxylic acids is 1. The lowest BCUT2D eigenvalue weighted by molar-refractivity contribution is 0.0950. The molecule has 0 fully saturated rings. The van der Waals surface area contributed by atoms with Gasteiger partial charge in [0, 0.05) is 17.3 Å². The summed E-state index contributed by atoms with van der Waals surface area (Å²) in [5, 5.41) is 13.3. The van der Waals surface area contributed by atoms with E-state index in [1.54, 1.807) is 52.5 Å². The maximum atomic E-state index is 12.1. The number of carbonyl (C=O) groups is 1. The van der Waals surface area contributed by atoms with E-state index in [2.05, 4.69) is 25.5 Å². The van der Waals surface area contributed by atoms with Gasteiger partial charge < -0.3 is 5.32 Å². The molecule has 0 aromatic carbocycles. The van der Waals surface area contributed by atoms with Crippen molar-refractivity contribution >= 4 is 29.0 Å². The van der Waals surface area contributed by atoms with Crippen LogP contribution < -0.4 is 5.32 Å². The zero-order chi connectivity index (χ0) is 16.1. The van der Waals surface area contributed by atoms with Crippen molar-refractivity contribution in [3.8, 4) is 5.82 Å². The van der Waals surface area contributed by atoms with Crippen molar-refractivity contribution < 1.29 is 4.79 Å². The van der Waals surface area contributed by atoms with Gasteiger partial charge in [-0.3, -0.25) is 9.36 Å². The Kier molecular flexibility index (Phi) is 4.99. The van der Waals surface area contributed by atoms with Crippen molar-refractivity contribution in [1.29, 1.82) is 0 Å². The van der Waals surface area contributed by atoms with Gasteiger partial charge in [0.05, 0.1) is 17.8 Å². The van der Waals surface area contributed by atoms with E-state index in [1.807, 2.05) is 11.6 Å². The van der Waals surface area contributed by atoms with Crippen molar-refractivity contribution in [2.45, 2.75) is 12.3 Å². The van der Waals surface area contributed by atoms with Crippen LogP contribution in [0.4, 0.5) is 0 Å². The highest BCUT2D eigenvalue weighted by atomic mass is 32.2. The Morgan fingerprint density at radius 2 is 2.17 bits per heavy atom. The molecule has 3 aromatic heterocycles. The number of nitrogens with one attached hydrogen (secondary N) is 1. The van der Waals surface area contributed by atoms with Crippen LogP contribution in [0.2, 0.25) is 0 Å². The quantitative estimate of drug-likeness (QED) is 0.734. The Balaban J connectivity index is 1.59. The molecule has 23 heavy (non-hydrogen) atoms. The summed E-state index contributed by atoms with van der Waals surface area (Å²) in [5.41, 5.74) is 1.38. The molecule has 0 bridgehead atoms. The predicted octanol–water partition coefficient (Wildman–Crippen LogP) is 1.91. The molecule has 1 amide bonds. The summed E-state index contributed by atoms with van der Waals surface area (Å²) >= 11 is 3.34. The molecule has 0 radical (unpaired) electrons. The largest absolute Gasteiger partial charge is 0.346 e. The maximum Gasteiger partial charge on any atom is 0.253 e. The fourth-order valence-corrected chi connectivity index (χ4v) is 3.40. The third kappa shape index (κ3) is 3.93. The Hall–Kier alpha value is -2.26. The highest BCUT2D eigenvalue weighted by Gasteiger charge is 2.08. The predicted molar refractivity (Wildman–Crippen MR) is 89.7 cm³/mol. The summed E-state index contributed by atoms with van der Waals surface area (Å²) in [5.74, 6) is 1.38. The van der Waals surface area contributed by atoms with Crippen LogP contribution in [0.3, 0.4) is 0 Å². The number of nitrogens with zero attached hydrogens (tertiary/aromatic N) is 5. The number of rotatable bonds is 6. The summed E-state index contributed by atoms with van der Waals surface area (Å²) in [4.78, 5) is 20.8. The molecular formula is C14H14N6OS2. The highest BCUT2D eigenvalue weighted by molar-refractivity contribution is 7.97. The summed E-state index contributed by atoms with van der Waals surface area (Å²) < 4.78 is 1.67. The molecule has 3 aromatic rings. The molecule has 3 heterocycles. The molecule has 1 N–H and O–H groups in total. The maximum absolute atomic E-state index is 12.1. The van der Waals surface area contributed by atoms with Crippen LogP contribution in [0.1, 0.15) is 21.1 Å². The average molecular weight is 346 g/mol. The number of aromatic nitrogens is 5. The van der Waals surface area contributed by atoms with E-state index in [-0.39, 0.29) is 5.91 Å². The van der Waals surface area contributed by atoms with Crippen LogP contribution in [-0.4, -0.2) is 36.9 Å². The van der Waals surface area contributed by atoms with Crippen molar-refractivity contribution in [3.05, 3.63) is 52.6 Å². The SMILES string of the molecule is CSCc1nc(CNC(=O)c2ccc(-n3cnnc3)nc2)cs1. The van der Waals surface area contributed by atoms with Crippen LogP contribution >= 0.6 is 23.1 Å². The van der Waals surface area contributed by atoms with Gasteiger partial charge in [-0.1, -0.05) is 0 Å². The standard InChI is InChI=1S/C14H14N6OS2/c1-22-7-13-19-11(6-23-13)5-16-14(21)10-2-3-12(15-4-10)20-8-17-18-9-20/h2-4,6,8-9H,5,7H2,1H3,(H,16,21). The van der Waals surface area contributed by atoms with Gasteiger partial charge in [-0.2, -0.15) is 11.8 Å². The van der Waals surface area contributed by atoms with Crippen molar-refractivity contribution in [2.75, 3.05) is 6.26 Å². The topological polar surface area (TPSA) is 85.6 Å². The first kappa shape index (κ1) is 15.6. The Morgan fingerprint density at radius 3 is 2.87 bits per heavy atom. The second kappa shape index (κ2) is 7.34. The van der Waals surface area contributed by atoms with Crippen LogP contribution in [0.15, 0.2) is 36.4 Å². The monoisotopic (exact) mass is 346 g/mol. The van der Waals surface area contributed by atoms with E-state index in [1.165, 1.54) is 6.20 Å². The molecule has 7 nitrogen and oxygen atoms in total. The van der Waals surface area contributed by atoms with Crippen molar-refractivity contribution in [2.24, 2.45) is 0 Å². The van der Waals surface area contributed by atoms with Gasteiger partial charge in [0.1, 0.15) is 23.5 Å². The fraction of sp³-hybridized carbons (Fsp3) is 0.214. The molecule has 3 rings (SSSR count). The average Bonchev–Trinajstić information content (AvgIpc) is 3.25. The van der Waals surface area contributed by atoms with Gasteiger partial charge >= 0.3 is 0 Å². The molecule has 0 atom stereocenters. The summed E-state index contributed by atoms with van der Waals surface area (Å²) in [6.07, 6.45) is 6.68. The molecule has 0 aliphatic heterocycles. The molecule has 0 unspecified atom stereocenters. The first-order chi connectivity index (χ1) is 11.3. The third-order valence-electron chi connectivity index (χ3n) is 2.99. The lowest BCUT2D eigenvalue weighted by Gasteiger charge is -2.04. The Labute approximate surface area is 141 Å². The summed E-state index contributed by atoms with van der Waals surface area (Å²) in [7, 11) is 0. The van der Waals surface area contributed by atoms with Crippen LogP contribution in [-0.2, 0) is 12.3 Å². The van der Waals surface area contributed by atoms with E-state index >= 15 is 0 Å². The van der Waals surface area contributed by atoms with Crippen LogP contribution in [0.25, 0.3) is 5.82 Å². The highest BCUT2D eigenvalue weighted by Crippen LogP contribution is 2.15. The lowest BCUT2D eigenvalue weighted by atomic mass is 10.2. The molecular weight excluding hydrogens is 332 g/mol. The minimum absolute atomic E-state index is 0.174. The molecule has 9 heteroatoms. The zero-order valence-corrected chi connectivity index (χ0v) is 14.0. The van der Waals surface area contributed by atoms with Gasteiger partial charge in [-0.15, -0.1) is 21.5 Å². The minimum atomic E-state index is -0.174. The molecule has 0 spiro atoms. The lowest BCUT2D eigenvalue weighted by Crippen LogP contribution is -2.23. The van der Waals surface area contributed by atoms with E-state index in [0.29, 0.717) is 17.9 Å². The van der Waals surface area contributed by atoms with Gasteiger partial charge in [0.15, 0.2) is 0 Å². The number of pyridine rings is 1. The third-order valence-corrected chi connectivity index (χ3v) is 4.63. The van der Waals surface area contributed by atoms with Gasteiger partial charge in [-0.05, 0) is 18.4 Å². The molecule has 0 aliphatic rings. The zero-order valence-electron chi connectivity index (χ0n) is 12.3. The molecule has 0 saturated carbocycles. The summed E-state index contributed by atoms with van der Waals surface area (Å²) in [6.45, 7) is 0.414. The molecule has 0 saturated heterocycles. The van der Waals surface area contributed by atoms with Crippen molar-refractivity contribution in [1.82, 2.24) is 30.0 Å². The Bertz CT molecular complexity index is 769. The second-order valence-corrected chi connectivity index (χ2v) is 6.43. The minimum Gasteiger partial charge on any atom is -0.346 e. The number of amides is 1. The number of thioether (sulfide) groups is 1. The smallest absolute Gasteiger partial charge is 0.253 e. The van der Waals surface area contributed by atoms with Gasteiger partial charge in [0.25, 0.3) is 5.91 Å². The van der Waals surface area contributed by atoms with E-state index in [0.717, 1.165) is 16.5 Å². The summed E-state index contributed by atoms with van der Waals surface area (Å²) in [6, 6.07) is 3.47. The van der Waals surface area contributed by atoms with E-state index in [4.69, 9.17) is 0 Å². The first-order valence-corrected chi connectivity index (χ1v) is 9.05. The number of hydrogen-bond donors (Lipinski definition) is 1. The normalized spacial score (nSPS) is 10.7. The van der Waals surface area contributed by atoms with E-state index < -0.39 is 0 Å². The molecule has 0 aliphatic carbocycles. The Morgan fingerprint density at radius 1 is 1.35 bits per heavy atom. The van der Waals surface area contributed by atoms with Gasteiger partial charge in [-0.25, -0.2) is 9.97 Å². The van der Waals surface area contributed by atoms with Crippen molar-refractivity contribution in [3.63, 3.8) is 0 Å². The first-order valence-electron chi connectivity index (χ1n) is 6.77. The number of hydrogen-bond acceptors (Lipinski definition) is 7. The molecule has 118 valence electrons. The van der Waals surface area contributed by atoms with Crippen LogP contribution in [0.5, 0.6) is 0 Å². The van der Waals surface area contributed by atoms with E-state index in [9.17, 15) is 4.79 Å². The number of thiazole rings is 1. The van der Waals surface area contributed by atoms with Gasteiger partial charge in [0.2, 0.25) is 0 Å².